The number of hydrogen-bond donors (Lipinski definition) is 0. The molecule has 22 heavy (non-hydrogen) atoms. The van der Waals surface area contributed by atoms with Crippen LogP contribution in [0.15, 0.2) is 51.9 Å². The van der Waals surface area contributed by atoms with Crippen LogP contribution in [-0.4, -0.2) is 15.3 Å². The lowest BCUT2D eigenvalue weighted by Crippen LogP contribution is -2.32. The van der Waals surface area contributed by atoms with Crippen LogP contribution in [0.4, 0.5) is 0 Å². The van der Waals surface area contributed by atoms with Crippen molar-refractivity contribution in [2.45, 2.75) is 26.3 Å². The molecule has 0 aliphatic heterocycles. The highest BCUT2D eigenvalue weighted by Crippen LogP contribution is 2.18. The highest BCUT2D eigenvalue weighted by molar-refractivity contribution is 5.82. The maximum Gasteiger partial charge on any atom is 0.262 e. The Morgan fingerprint density at radius 1 is 1.27 bits per heavy atom. The van der Waals surface area contributed by atoms with Crippen molar-refractivity contribution in [3.05, 3.63) is 64.6 Å². The van der Waals surface area contributed by atoms with Crippen LogP contribution in [0.25, 0.3) is 10.9 Å². The van der Waals surface area contributed by atoms with Crippen LogP contribution in [0.5, 0.6) is 0 Å². The van der Waals surface area contributed by atoms with Crippen LogP contribution in [0, 0.1) is 6.92 Å². The fourth-order valence-corrected chi connectivity index (χ4v) is 2.66. The molecule has 0 N–H and O–H groups in total. The molecule has 0 spiro atoms. The van der Waals surface area contributed by atoms with Crippen LogP contribution in [0.3, 0.4) is 0 Å². The Balaban J connectivity index is 2.17. The van der Waals surface area contributed by atoms with Crippen LogP contribution in [-0.2, 0) is 11.2 Å². The molecular weight excluding hydrogens is 280 g/mol. The van der Waals surface area contributed by atoms with Crippen LogP contribution < -0.4 is 5.56 Å². The van der Waals surface area contributed by atoms with Crippen molar-refractivity contribution in [1.82, 2.24) is 9.55 Å². The molecule has 0 saturated heterocycles. The second-order valence-corrected chi connectivity index (χ2v) is 5.26. The molecule has 1 aromatic carbocycles. The fraction of sp³-hybridized carbons (Fsp3) is 0.235. The standard InChI is InChI=1S/C17H16N2O3/c1-11(20)16(10-13-6-5-9-22-13)19-12(2)18-15-8-4-3-7-14(15)17(19)21/h3-9,16H,10H2,1-2H3/t16-/m1/s1. The summed E-state index contributed by atoms with van der Waals surface area (Å²) in [5.74, 6) is 1.09. The summed E-state index contributed by atoms with van der Waals surface area (Å²) in [5, 5.41) is 0.513. The molecule has 3 aromatic rings. The molecule has 5 nitrogen and oxygen atoms in total. The van der Waals surface area contributed by atoms with Crippen LogP contribution in [0.1, 0.15) is 24.6 Å². The third-order valence-electron chi connectivity index (χ3n) is 3.74. The van der Waals surface area contributed by atoms with Gasteiger partial charge in [-0.25, -0.2) is 4.98 Å². The van der Waals surface area contributed by atoms with Crippen molar-refractivity contribution >= 4 is 16.7 Å². The predicted octanol–water partition coefficient (Wildman–Crippen LogP) is 2.67. The molecular formula is C17H16N2O3. The van der Waals surface area contributed by atoms with E-state index >= 15 is 0 Å². The zero-order valence-electron chi connectivity index (χ0n) is 12.4. The van der Waals surface area contributed by atoms with Gasteiger partial charge in [0.15, 0.2) is 5.78 Å². The van der Waals surface area contributed by atoms with Gasteiger partial charge in [0, 0.05) is 6.42 Å². The molecule has 112 valence electrons. The quantitative estimate of drug-likeness (QED) is 0.742. The summed E-state index contributed by atoms with van der Waals surface area (Å²) < 4.78 is 6.78. The molecule has 0 radical (unpaired) electrons. The minimum atomic E-state index is -0.615. The van der Waals surface area contributed by atoms with E-state index in [9.17, 15) is 9.59 Å². The fourth-order valence-electron chi connectivity index (χ4n) is 2.66. The lowest BCUT2D eigenvalue weighted by atomic mass is 10.1. The smallest absolute Gasteiger partial charge is 0.262 e. The van der Waals surface area contributed by atoms with Crippen molar-refractivity contribution in [3.63, 3.8) is 0 Å². The molecule has 0 saturated carbocycles. The summed E-state index contributed by atoms with van der Waals surface area (Å²) in [4.78, 5) is 29.3. The molecule has 0 aliphatic carbocycles. The Kier molecular flexibility index (Phi) is 3.63. The third kappa shape index (κ3) is 2.45. The van der Waals surface area contributed by atoms with E-state index in [1.165, 1.54) is 11.5 Å². The molecule has 0 amide bonds. The molecule has 2 heterocycles. The first-order valence-electron chi connectivity index (χ1n) is 7.08. The molecule has 0 fully saturated rings. The van der Waals surface area contributed by atoms with Crippen molar-refractivity contribution in [3.8, 4) is 0 Å². The van der Waals surface area contributed by atoms with E-state index in [0.29, 0.717) is 28.9 Å². The van der Waals surface area contributed by atoms with E-state index in [-0.39, 0.29) is 11.3 Å². The Labute approximate surface area is 127 Å². The van der Waals surface area contributed by atoms with Crippen LogP contribution in [0.2, 0.25) is 0 Å². The number of aromatic nitrogens is 2. The second kappa shape index (κ2) is 5.60. The van der Waals surface area contributed by atoms with E-state index in [4.69, 9.17) is 4.42 Å². The van der Waals surface area contributed by atoms with Gasteiger partial charge in [-0.2, -0.15) is 0 Å². The average molecular weight is 296 g/mol. The summed E-state index contributed by atoms with van der Waals surface area (Å²) >= 11 is 0. The number of nitrogens with zero attached hydrogens (tertiary/aromatic N) is 2. The van der Waals surface area contributed by atoms with E-state index in [0.717, 1.165) is 0 Å². The molecule has 3 rings (SSSR count). The predicted molar refractivity (Wildman–Crippen MR) is 82.9 cm³/mol. The summed E-state index contributed by atoms with van der Waals surface area (Å²) in [6.45, 7) is 3.22. The topological polar surface area (TPSA) is 65.1 Å². The maximum atomic E-state index is 12.8. The van der Waals surface area contributed by atoms with Gasteiger partial charge in [-0.1, -0.05) is 12.1 Å². The Hall–Kier alpha value is -2.69. The first kappa shape index (κ1) is 14.3. The van der Waals surface area contributed by atoms with E-state index in [1.807, 2.05) is 6.07 Å². The van der Waals surface area contributed by atoms with Gasteiger partial charge in [-0.05, 0) is 38.1 Å². The number of furan rings is 1. The Morgan fingerprint density at radius 3 is 2.73 bits per heavy atom. The largest absolute Gasteiger partial charge is 0.469 e. The lowest BCUT2D eigenvalue weighted by Gasteiger charge is -2.19. The third-order valence-corrected chi connectivity index (χ3v) is 3.74. The zero-order chi connectivity index (χ0) is 15.7. The molecule has 2 aromatic heterocycles. The molecule has 0 unspecified atom stereocenters. The SMILES string of the molecule is CC(=O)[C@@H](Cc1ccco1)n1c(C)nc2ccccc2c1=O. The Bertz CT molecular complexity index is 879. The summed E-state index contributed by atoms with van der Waals surface area (Å²) in [5.41, 5.74) is 0.441. The highest BCUT2D eigenvalue weighted by atomic mass is 16.3. The number of ketones is 1. The van der Waals surface area contributed by atoms with Gasteiger partial charge in [0.25, 0.3) is 5.56 Å². The highest BCUT2D eigenvalue weighted by Gasteiger charge is 2.23. The number of hydrogen-bond acceptors (Lipinski definition) is 4. The van der Waals surface area contributed by atoms with Crippen molar-refractivity contribution in [2.24, 2.45) is 0 Å². The van der Waals surface area contributed by atoms with Gasteiger partial charge < -0.3 is 4.42 Å². The monoisotopic (exact) mass is 296 g/mol. The number of benzene rings is 1. The van der Waals surface area contributed by atoms with Gasteiger partial charge in [-0.3, -0.25) is 14.2 Å². The molecule has 0 aliphatic rings. The summed E-state index contributed by atoms with van der Waals surface area (Å²) in [7, 11) is 0. The number of fused-ring (bicyclic) bond motifs is 1. The van der Waals surface area contributed by atoms with Gasteiger partial charge in [0.2, 0.25) is 0 Å². The van der Waals surface area contributed by atoms with E-state index < -0.39 is 6.04 Å². The number of carbonyl (C=O) groups excluding carboxylic acids is 1. The minimum Gasteiger partial charge on any atom is -0.469 e. The maximum absolute atomic E-state index is 12.8. The van der Waals surface area contributed by atoms with Crippen molar-refractivity contribution in [2.75, 3.05) is 0 Å². The van der Waals surface area contributed by atoms with E-state index in [2.05, 4.69) is 4.98 Å². The average Bonchev–Trinajstić information content (AvgIpc) is 2.99. The van der Waals surface area contributed by atoms with Crippen molar-refractivity contribution < 1.29 is 9.21 Å². The lowest BCUT2D eigenvalue weighted by molar-refractivity contribution is -0.120. The van der Waals surface area contributed by atoms with Gasteiger partial charge in [-0.15, -0.1) is 0 Å². The molecule has 1 atom stereocenters. The number of aryl methyl sites for hydroxylation is 1. The zero-order valence-corrected chi connectivity index (χ0v) is 12.4. The number of Topliss-reactive ketones (excluding diaryl/α,β-unsaturated/α-hetero) is 1. The van der Waals surface area contributed by atoms with Gasteiger partial charge in [0.05, 0.1) is 17.2 Å². The van der Waals surface area contributed by atoms with Crippen molar-refractivity contribution in [1.29, 1.82) is 0 Å². The summed E-state index contributed by atoms with van der Waals surface area (Å²) in [6.07, 6.45) is 1.89. The number of carbonyl (C=O) groups is 1. The number of rotatable bonds is 4. The van der Waals surface area contributed by atoms with E-state index in [1.54, 1.807) is 43.5 Å². The Morgan fingerprint density at radius 2 is 2.05 bits per heavy atom. The minimum absolute atomic E-state index is 0.0984. The first-order valence-corrected chi connectivity index (χ1v) is 7.08. The van der Waals surface area contributed by atoms with Gasteiger partial charge >= 0.3 is 0 Å². The first-order chi connectivity index (χ1) is 10.6. The summed E-state index contributed by atoms with van der Waals surface area (Å²) in [6, 6.07) is 10.1. The molecule has 5 heteroatoms. The van der Waals surface area contributed by atoms with Gasteiger partial charge in [0.1, 0.15) is 17.6 Å². The second-order valence-electron chi connectivity index (χ2n) is 5.26. The molecule has 0 bridgehead atoms. The number of para-hydroxylation sites is 1. The van der Waals surface area contributed by atoms with Crippen LogP contribution >= 0.6 is 0 Å². The normalized spacial score (nSPS) is 12.5.